The minimum absolute atomic E-state index is 0.132. The van der Waals surface area contributed by atoms with Crippen LogP contribution in [-0.2, 0) is 6.42 Å². The Morgan fingerprint density at radius 2 is 2.26 bits per heavy atom. The Hall–Kier alpha value is -2.36. The van der Waals surface area contributed by atoms with Crippen molar-refractivity contribution >= 4 is 5.78 Å². The highest BCUT2D eigenvalue weighted by Gasteiger charge is 2.19. The number of nitrogens with zero attached hydrogens (tertiary/aromatic N) is 1. The van der Waals surface area contributed by atoms with Crippen LogP contribution in [-0.4, -0.2) is 24.5 Å². The molecule has 0 unspecified atom stereocenters. The van der Waals surface area contributed by atoms with E-state index in [0.717, 1.165) is 17.7 Å². The van der Waals surface area contributed by atoms with Gasteiger partial charge in [-0.2, -0.15) is 0 Å². The molecule has 0 bridgehead atoms. The second-order valence-electron chi connectivity index (χ2n) is 4.30. The molecule has 4 heteroatoms. The molecule has 1 aliphatic rings. The van der Waals surface area contributed by atoms with Crippen LogP contribution >= 0.6 is 0 Å². The summed E-state index contributed by atoms with van der Waals surface area (Å²) in [5, 5.41) is 0. The number of carbonyl (C=O) groups is 1. The predicted molar refractivity (Wildman–Crippen MR) is 69.9 cm³/mol. The molecule has 96 valence electrons. The van der Waals surface area contributed by atoms with E-state index in [9.17, 15) is 4.79 Å². The van der Waals surface area contributed by atoms with Crippen LogP contribution in [0.25, 0.3) is 0 Å². The molecule has 3 rings (SSSR count). The van der Waals surface area contributed by atoms with Crippen molar-refractivity contribution in [2.45, 2.75) is 6.42 Å². The molecule has 1 aromatic heterocycles. The number of hydrogen-bond acceptors (Lipinski definition) is 4. The molecule has 2 aromatic rings. The number of hydrogen-bond donors (Lipinski definition) is 0. The quantitative estimate of drug-likeness (QED) is 0.789. The van der Waals surface area contributed by atoms with Crippen LogP contribution < -0.4 is 9.47 Å². The lowest BCUT2D eigenvalue weighted by atomic mass is 10.0. The van der Waals surface area contributed by atoms with Crippen molar-refractivity contribution in [3.05, 3.63) is 53.3 Å². The van der Waals surface area contributed by atoms with E-state index in [4.69, 9.17) is 9.47 Å². The number of fused-ring (bicyclic) bond motifs is 1. The number of aromatic nitrogens is 1. The highest BCUT2D eigenvalue weighted by Crippen LogP contribution is 2.27. The van der Waals surface area contributed by atoms with Gasteiger partial charge in [0, 0.05) is 18.2 Å². The normalized spacial score (nSPS) is 12.7. The standard InChI is InChI=1S/C15H13NO3/c1-18-13-3-2-7-16-14(13)15(17)11-4-5-12-10(9-11)6-8-19-12/h2-5,7,9H,6,8H2,1H3. The lowest BCUT2D eigenvalue weighted by molar-refractivity contribution is 0.103. The Labute approximate surface area is 111 Å². The number of methoxy groups -OCH3 is 1. The van der Waals surface area contributed by atoms with Gasteiger partial charge in [0.05, 0.1) is 13.7 Å². The highest BCUT2D eigenvalue weighted by molar-refractivity contribution is 6.09. The van der Waals surface area contributed by atoms with Gasteiger partial charge in [0.15, 0.2) is 5.69 Å². The zero-order chi connectivity index (χ0) is 13.2. The molecule has 0 saturated heterocycles. The van der Waals surface area contributed by atoms with Gasteiger partial charge in [0.25, 0.3) is 0 Å². The minimum Gasteiger partial charge on any atom is -0.494 e. The van der Waals surface area contributed by atoms with Gasteiger partial charge in [-0.3, -0.25) is 4.79 Å². The van der Waals surface area contributed by atoms with Crippen molar-refractivity contribution in [2.75, 3.05) is 13.7 Å². The molecule has 19 heavy (non-hydrogen) atoms. The zero-order valence-corrected chi connectivity index (χ0v) is 10.6. The number of rotatable bonds is 3. The van der Waals surface area contributed by atoms with E-state index in [2.05, 4.69) is 4.98 Å². The molecule has 1 aliphatic heterocycles. The maximum Gasteiger partial charge on any atom is 0.215 e. The number of ketones is 1. The molecular weight excluding hydrogens is 242 g/mol. The second kappa shape index (κ2) is 4.72. The molecule has 0 amide bonds. The fraction of sp³-hybridized carbons (Fsp3) is 0.200. The first-order chi connectivity index (χ1) is 9.29. The fourth-order valence-corrected chi connectivity index (χ4v) is 2.19. The molecule has 0 atom stereocenters. The van der Waals surface area contributed by atoms with Crippen molar-refractivity contribution in [2.24, 2.45) is 0 Å². The van der Waals surface area contributed by atoms with Gasteiger partial charge in [-0.15, -0.1) is 0 Å². The summed E-state index contributed by atoms with van der Waals surface area (Å²) < 4.78 is 10.6. The van der Waals surface area contributed by atoms with Crippen LogP contribution in [0.2, 0.25) is 0 Å². The Balaban J connectivity index is 2.00. The van der Waals surface area contributed by atoms with Crippen LogP contribution in [0.1, 0.15) is 21.6 Å². The number of ether oxygens (including phenoxy) is 2. The fourth-order valence-electron chi connectivity index (χ4n) is 2.19. The number of carbonyl (C=O) groups excluding carboxylic acids is 1. The smallest absolute Gasteiger partial charge is 0.215 e. The topological polar surface area (TPSA) is 48.4 Å². The molecule has 1 aromatic carbocycles. The van der Waals surface area contributed by atoms with Crippen LogP contribution in [0.5, 0.6) is 11.5 Å². The molecular formula is C15H13NO3. The van der Waals surface area contributed by atoms with E-state index in [-0.39, 0.29) is 5.78 Å². The Morgan fingerprint density at radius 1 is 1.37 bits per heavy atom. The van der Waals surface area contributed by atoms with E-state index in [0.29, 0.717) is 23.6 Å². The summed E-state index contributed by atoms with van der Waals surface area (Å²) in [4.78, 5) is 16.6. The Kier molecular flexibility index (Phi) is 2.91. The summed E-state index contributed by atoms with van der Waals surface area (Å²) in [6.07, 6.45) is 2.43. The van der Waals surface area contributed by atoms with Crippen LogP contribution in [0.15, 0.2) is 36.5 Å². The third-order valence-electron chi connectivity index (χ3n) is 3.16. The van der Waals surface area contributed by atoms with E-state index >= 15 is 0 Å². The summed E-state index contributed by atoms with van der Waals surface area (Å²) in [6.45, 7) is 0.680. The highest BCUT2D eigenvalue weighted by atomic mass is 16.5. The SMILES string of the molecule is COc1cccnc1C(=O)c1ccc2c(c1)CCO2. The van der Waals surface area contributed by atoms with E-state index in [1.54, 1.807) is 24.4 Å². The van der Waals surface area contributed by atoms with E-state index in [1.165, 1.54) is 7.11 Å². The third kappa shape index (κ3) is 2.05. The van der Waals surface area contributed by atoms with Gasteiger partial charge in [0.1, 0.15) is 11.5 Å². The van der Waals surface area contributed by atoms with Crippen molar-refractivity contribution < 1.29 is 14.3 Å². The van der Waals surface area contributed by atoms with Crippen molar-refractivity contribution in [3.63, 3.8) is 0 Å². The molecule has 0 saturated carbocycles. The van der Waals surface area contributed by atoms with Crippen molar-refractivity contribution in [1.29, 1.82) is 0 Å². The molecule has 0 spiro atoms. The lowest BCUT2D eigenvalue weighted by Crippen LogP contribution is -2.06. The van der Waals surface area contributed by atoms with Crippen LogP contribution in [0.3, 0.4) is 0 Å². The first-order valence-corrected chi connectivity index (χ1v) is 6.09. The maximum atomic E-state index is 12.4. The first-order valence-electron chi connectivity index (χ1n) is 6.09. The lowest BCUT2D eigenvalue weighted by Gasteiger charge is -2.07. The molecule has 0 N–H and O–H groups in total. The average molecular weight is 255 g/mol. The van der Waals surface area contributed by atoms with E-state index in [1.807, 2.05) is 12.1 Å². The number of benzene rings is 1. The van der Waals surface area contributed by atoms with Crippen molar-refractivity contribution in [3.8, 4) is 11.5 Å². The second-order valence-corrected chi connectivity index (χ2v) is 4.30. The van der Waals surface area contributed by atoms with Gasteiger partial charge >= 0.3 is 0 Å². The minimum atomic E-state index is -0.132. The monoisotopic (exact) mass is 255 g/mol. The third-order valence-corrected chi connectivity index (χ3v) is 3.16. The largest absolute Gasteiger partial charge is 0.494 e. The molecule has 2 heterocycles. The van der Waals surface area contributed by atoms with Gasteiger partial charge in [-0.1, -0.05) is 0 Å². The summed E-state index contributed by atoms with van der Waals surface area (Å²) in [6, 6.07) is 8.95. The Morgan fingerprint density at radius 3 is 3.11 bits per heavy atom. The summed E-state index contributed by atoms with van der Waals surface area (Å²) in [7, 11) is 1.53. The summed E-state index contributed by atoms with van der Waals surface area (Å²) in [5.74, 6) is 1.22. The van der Waals surface area contributed by atoms with Crippen molar-refractivity contribution in [1.82, 2.24) is 4.98 Å². The average Bonchev–Trinajstić information content (AvgIpc) is 2.93. The van der Waals surface area contributed by atoms with Gasteiger partial charge in [-0.05, 0) is 35.9 Å². The van der Waals surface area contributed by atoms with Crippen LogP contribution in [0.4, 0.5) is 0 Å². The molecule has 0 fully saturated rings. The van der Waals surface area contributed by atoms with E-state index < -0.39 is 0 Å². The maximum absolute atomic E-state index is 12.4. The molecule has 0 radical (unpaired) electrons. The zero-order valence-electron chi connectivity index (χ0n) is 10.6. The Bertz CT molecular complexity index is 637. The predicted octanol–water partition coefficient (Wildman–Crippen LogP) is 2.26. The van der Waals surface area contributed by atoms with Gasteiger partial charge < -0.3 is 9.47 Å². The summed E-state index contributed by atoms with van der Waals surface area (Å²) >= 11 is 0. The first kappa shape index (κ1) is 11.7. The van der Waals surface area contributed by atoms with Gasteiger partial charge in [0.2, 0.25) is 5.78 Å². The number of pyridine rings is 1. The molecule has 4 nitrogen and oxygen atoms in total. The van der Waals surface area contributed by atoms with Gasteiger partial charge in [-0.25, -0.2) is 4.98 Å². The van der Waals surface area contributed by atoms with Crippen LogP contribution in [0, 0.1) is 0 Å². The molecule has 0 aliphatic carbocycles. The summed E-state index contributed by atoms with van der Waals surface area (Å²) in [5.41, 5.74) is 2.02.